The molecule has 15 heteroatoms. The summed E-state index contributed by atoms with van der Waals surface area (Å²) in [6.45, 7) is 4.77. The van der Waals surface area contributed by atoms with Crippen molar-refractivity contribution in [2.24, 2.45) is 28.1 Å². The maximum Gasteiger partial charge on any atom is 0.326 e. The second-order valence-corrected chi connectivity index (χ2v) is 8.15. The van der Waals surface area contributed by atoms with E-state index in [0.717, 1.165) is 0 Å². The van der Waals surface area contributed by atoms with Crippen LogP contribution in [0.2, 0.25) is 0 Å². The lowest BCUT2D eigenvalue weighted by atomic mass is 9.96. The van der Waals surface area contributed by atoms with Crippen molar-refractivity contribution in [2.45, 2.75) is 76.7 Å². The maximum absolute atomic E-state index is 12.9. The quantitative estimate of drug-likeness (QED) is 0.0574. The van der Waals surface area contributed by atoms with Gasteiger partial charge in [-0.25, -0.2) is 4.79 Å². The van der Waals surface area contributed by atoms with Gasteiger partial charge in [-0.3, -0.25) is 24.2 Å². The number of carboxylic acids is 2. The van der Waals surface area contributed by atoms with Gasteiger partial charge in [-0.05, 0) is 25.7 Å². The van der Waals surface area contributed by atoms with E-state index < -0.39 is 72.3 Å². The van der Waals surface area contributed by atoms with E-state index in [1.807, 2.05) is 0 Å². The van der Waals surface area contributed by atoms with Gasteiger partial charge < -0.3 is 48.5 Å². The van der Waals surface area contributed by atoms with Crippen molar-refractivity contribution in [3.05, 3.63) is 0 Å². The number of hydrogen-bond donors (Lipinski definition) is 9. The van der Waals surface area contributed by atoms with Crippen molar-refractivity contribution in [1.29, 1.82) is 0 Å². The van der Waals surface area contributed by atoms with E-state index in [1.54, 1.807) is 13.8 Å². The van der Waals surface area contributed by atoms with Crippen LogP contribution in [0, 0.1) is 5.92 Å². The molecule has 6 atom stereocenters. The molecule has 0 fully saturated rings. The van der Waals surface area contributed by atoms with Gasteiger partial charge in [0.1, 0.15) is 18.1 Å². The average Bonchev–Trinajstić information content (AvgIpc) is 2.75. The Hall–Kier alpha value is -3.46. The fourth-order valence-electron chi connectivity index (χ4n) is 2.91. The SMILES string of the molecule is CCC(C)C(NC(=O)C(NC(=O)C(N)CC(=O)O)C(C)O)C(=O)NC(CCCN=C(N)N)C(=O)O. The number of hydrogen-bond acceptors (Lipinski definition) is 8. The molecular formula is C20H37N7O8. The predicted molar refractivity (Wildman–Crippen MR) is 125 cm³/mol. The lowest BCUT2D eigenvalue weighted by Crippen LogP contribution is -2.61. The van der Waals surface area contributed by atoms with Gasteiger partial charge in [-0.15, -0.1) is 0 Å². The molecule has 0 aromatic carbocycles. The number of carboxylic acid groups (broad SMARTS) is 2. The van der Waals surface area contributed by atoms with E-state index in [-0.39, 0.29) is 25.3 Å². The van der Waals surface area contributed by atoms with Gasteiger partial charge in [0.2, 0.25) is 17.7 Å². The predicted octanol–water partition coefficient (Wildman–Crippen LogP) is -3.19. The highest BCUT2D eigenvalue weighted by Crippen LogP contribution is 2.10. The van der Waals surface area contributed by atoms with Crippen LogP contribution in [0.1, 0.15) is 46.5 Å². The highest BCUT2D eigenvalue weighted by Gasteiger charge is 2.34. The van der Waals surface area contributed by atoms with Gasteiger partial charge in [-0.1, -0.05) is 20.3 Å². The summed E-state index contributed by atoms with van der Waals surface area (Å²) in [6, 6.07) is -5.48. The van der Waals surface area contributed by atoms with E-state index in [2.05, 4.69) is 20.9 Å². The van der Waals surface area contributed by atoms with E-state index >= 15 is 0 Å². The van der Waals surface area contributed by atoms with Gasteiger partial charge in [0, 0.05) is 6.54 Å². The summed E-state index contributed by atoms with van der Waals surface area (Å²) in [4.78, 5) is 63.9. The van der Waals surface area contributed by atoms with Crippen LogP contribution < -0.4 is 33.2 Å². The Morgan fingerprint density at radius 2 is 1.46 bits per heavy atom. The topological polar surface area (TPSA) is 273 Å². The largest absolute Gasteiger partial charge is 0.481 e. The van der Waals surface area contributed by atoms with Gasteiger partial charge >= 0.3 is 11.9 Å². The van der Waals surface area contributed by atoms with Crippen LogP contribution in [0.4, 0.5) is 0 Å². The summed E-state index contributed by atoms with van der Waals surface area (Å²) in [5.74, 6) is -5.91. The van der Waals surface area contributed by atoms with Crippen LogP contribution in [-0.4, -0.2) is 87.8 Å². The molecule has 0 bridgehead atoms. The zero-order chi connectivity index (χ0) is 27.3. The van der Waals surface area contributed by atoms with Gasteiger partial charge in [0.25, 0.3) is 0 Å². The number of carbonyl (C=O) groups excluding carboxylic acids is 3. The first kappa shape index (κ1) is 31.5. The third kappa shape index (κ3) is 12.0. The van der Waals surface area contributed by atoms with Crippen molar-refractivity contribution in [3.63, 3.8) is 0 Å². The first-order chi connectivity index (χ1) is 16.2. The molecule has 0 saturated heterocycles. The molecule has 0 rings (SSSR count). The van der Waals surface area contributed by atoms with Gasteiger partial charge in [0.15, 0.2) is 5.96 Å². The third-order valence-corrected chi connectivity index (χ3v) is 5.15. The minimum Gasteiger partial charge on any atom is -0.481 e. The second-order valence-electron chi connectivity index (χ2n) is 8.15. The fourth-order valence-corrected chi connectivity index (χ4v) is 2.91. The number of guanidine groups is 1. The molecule has 0 aliphatic rings. The minimum absolute atomic E-state index is 0.0207. The molecule has 0 aromatic heterocycles. The zero-order valence-electron chi connectivity index (χ0n) is 20.1. The summed E-state index contributed by atoms with van der Waals surface area (Å²) in [6.07, 6.45) is -1.40. The number of aliphatic imine (C=N–C) groups is 1. The van der Waals surface area contributed by atoms with E-state index in [9.17, 15) is 34.2 Å². The van der Waals surface area contributed by atoms with E-state index in [1.165, 1.54) is 6.92 Å². The van der Waals surface area contributed by atoms with Crippen LogP contribution in [0.5, 0.6) is 0 Å². The van der Waals surface area contributed by atoms with E-state index in [0.29, 0.717) is 6.42 Å². The normalized spacial score (nSPS) is 15.9. The Morgan fingerprint density at radius 1 is 0.914 bits per heavy atom. The molecule has 0 aromatic rings. The van der Waals surface area contributed by atoms with Crippen LogP contribution >= 0.6 is 0 Å². The Balaban J connectivity index is 5.45. The van der Waals surface area contributed by atoms with Crippen LogP contribution in [-0.2, 0) is 24.0 Å². The molecule has 15 nitrogen and oxygen atoms in total. The minimum atomic E-state index is -1.54. The van der Waals surface area contributed by atoms with E-state index in [4.69, 9.17) is 22.3 Å². The number of amides is 3. The second kappa shape index (κ2) is 15.4. The monoisotopic (exact) mass is 503 g/mol. The number of aliphatic carboxylic acids is 2. The van der Waals surface area contributed by atoms with Crippen molar-refractivity contribution in [2.75, 3.05) is 6.54 Å². The summed E-state index contributed by atoms with van der Waals surface area (Å²) >= 11 is 0. The molecule has 0 heterocycles. The van der Waals surface area contributed by atoms with Crippen molar-refractivity contribution < 1.29 is 39.3 Å². The van der Waals surface area contributed by atoms with Crippen LogP contribution in [0.25, 0.3) is 0 Å². The standard InChI is InChI=1S/C20H37N7O8/c1-4-9(2)14(17(32)25-12(19(34)35)6-5-7-24-20(22)23)26-18(33)15(10(3)28)27-16(31)11(21)8-13(29)30/h9-12,14-15,28H,4-8,21H2,1-3H3,(H,25,32)(H,26,33)(H,27,31)(H,29,30)(H,34,35)(H4,22,23,24). The van der Waals surface area contributed by atoms with Crippen molar-refractivity contribution >= 4 is 35.6 Å². The number of nitrogens with zero attached hydrogens (tertiary/aromatic N) is 1. The molecule has 0 aliphatic heterocycles. The highest BCUT2D eigenvalue weighted by molar-refractivity contribution is 5.95. The number of carbonyl (C=O) groups is 5. The summed E-state index contributed by atoms with van der Waals surface area (Å²) in [5, 5.41) is 35.2. The van der Waals surface area contributed by atoms with Gasteiger partial charge in [0.05, 0.1) is 18.6 Å². The Morgan fingerprint density at radius 3 is 1.91 bits per heavy atom. The molecule has 35 heavy (non-hydrogen) atoms. The summed E-state index contributed by atoms with van der Waals surface area (Å²) in [7, 11) is 0. The molecule has 12 N–H and O–H groups in total. The molecule has 0 aliphatic carbocycles. The summed E-state index contributed by atoms with van der Waals surface area (Å²) in [5.41, 5.74) is 15.9. The smallest absolute Gasteiger partial charge is 0.326 e. The number of rotatable bonds is 16. The maximum atomic E-state index is 12.9. The lowest BCUT2D eigenvalue weighted by Gasteiger charge is -2.29. The Kier molecular flexibility index (Phi) is 13.9. The van der Waals surface area contributed by atoms with Crippen molar-refractivity contribution in [3.8, 4) is 0 Å². The first-order valence-corrected chi connectivity index (χ1v) is 11.1. The highest BCUT2D eigenvalue weighted by atomic mass is 16.4. The Bertz CT molecular complexity index is 785. The molecule has 0 radical (unpaired) electrons. The lowest BCUT2D eigenvalue weighted by molar-refractivity contribution is -0.143. The first-order valence-electron chi connectivity index (χ1n) is 11.1. The number of nitrogens with two attached hydrogens (primary N) is 3. The fraction of sp³-hybridized carbons (Fsp3) is 0.700. The third-order valence-electron chi connectivity index (χ3n) is 5.15. The molecule has 6 unspecified atom stereocenters. The van der Waals surface area contributed by atoms with Crippen molar-refractivity contribution in [1.82, 2.24) is 16.0 Å². The Labute approximate surface area is 202 Å². The molecule has 0 spiro atoms. The number of nitrogens with one attached hydrogen (secondary N) is 3. The summed E-state index contributed by atoms with van der Waals surface area (Å²) < 4.78 is 0. The van der Waals surface area contributed by atoms with Crippen LogP contribution in [0.3, 0.4) is 0 Å². The number of aliphatic hydroxyl groups is 1. The molecule has 0 saturated carbocycles. The van der Waals surface area contributed by atoms with Crippen LogP contribution in [0.15, 0.2) is 4.99 Å². The number of aliphatic hydroxyl groups excluding tert-OH is 1. The molecule has 200 valence electrons. The average molecular weight is 504 g/mol. The zero-order valence-corrected chi connectivity index (χ0v) is 20.1. The van der Waals surface area contributed by atoms with Gasteiger partial charge in [-0.2, -0.15) is 0 Å². The molecule has 3 amide bonds. The molecular weight excluding hydrogens is 466 g/mol.